The molecule has 0 atom stereocenters. The first-order valence-corrected chi connectivity index (χ1v) is 18.0. The number of hydrogen-bond acceptors (Lipinski definition) is 2. The summed E-state index contributed by atoms with van der Waals surface area (Å²) in [4.78, 5) is 7.13. The second-order valence-corrected chi connectivity index (χ2v) is 16.2. The number of benzene rings is 2. The molecule has 0 spiro atoms. The zero-order chi connectivity index (χ0) is 18.7. The molecule has 0 heterocycles. The maximum atomic E-state index is 12.7. The molecule has 0 fully saturated rings. The van der Waals surface area contributed by atoms with Crippen LogP contribution in [0, 0.1) is 25.5 Å². The Labute approximate surface area is 168 Å². The molecule has 25 heavy (non-hydrogen) atoms. The molecule has 0 aromatic heterocycles. The fourth-order valence-electron chi connectivity index (χ4n) is 1.72. The van der Waals surface area contributed by atoms with E-state index in [1.165, 1.54) is 12.1 Å². The van der Waals surface area contributed by atoms with Crippen LogP contribution in [0.2, 0.25) is 14.8 Å². The monoisotopic (exact) mass is 524 g/mol. The molecule has 0 aliphatic carbocycles. The molecule has 6 heteroatoms. The van der Waals surface area contributed by atoms with Gasteiger partial charge in [0.05, 0.1) is 0 Å². The molecule has 2 nitrogen and oxygen atoms in total. The first-order chi connectivity index (χ1) is 11.2. The topological polar surface area (TPSA) is 52.0 Å². The van der Waals surface area contributed by atoms with Crippen molar-refractivity contribution in [1.29, 1.82) is 0 Å². The molecule has 0 unspecified atom stereocenters. The van der Waals surface area contributed by atoms with Gasteiger partial charge in [-0.15, -0.1) is 17.0 Å². The fourth-order valence-corrected chi connectivity index (χ4v) is 1.72. The van der Waals surface area contributed by atoms with Gasteiger partial charge in [-0.2, -0.15) is 0 Å². The Morgan fingerprint density at radius 1 is 0.760 bits per heavy atom. The van der Waals surface area contributed by atoms with Gasteiger partial charge in [0, 0.05) is 24.2 Å². The van der Waals surface area contributed by atoms with Crippen LogP contribution < -0.4 is 11.5 Å². The normalized spacial score (nSPS) is 9.36. The summed E-state index contributed by atoms with van der Waals surface area (Å²) < 4.78 is 25.4. The van der Waals surface area contributed by atoms with Gasteiger partial charge in [0.1, 0.15) is 11.6 Å². The van der Waals surface area contributed by atoms with E-state index in [1.807, 2.05) is 13.8 Å². The molecule has 4 N–H and O–H groups in total. The summed E-state index contributed by atoms with van der Waals surface area (Å²) >= 11 is -0.637. The summed E-state index contributed by atoms with van der Waals surface area (Å²) in [6, 6.07) is 9.86. The molecule has 0 radical (unpaired) electrons. The van der Waals surface area contributed by atoms with Crippen molar-refractivity contribution in [3.05, 3.63) is 70.3 Å². The van der Waals surface area contributed by atoms with Gasteiger partial charge in [0.2, 0.25) is 0 Å². The van der Waals surface area contributed by atoms with Crippen molar-refractivity contribution >= 4 is 36.7 Å². The second kappa shape index (κ2) is 14.6. The molecular formula is C19H31BrF2N2Sn. The number of halogens is 3. The van der Waals surface area contributed by atoms with E-state index in [9.17, 15) is 8.78 Å². The fraction of sp³-hybridized carbons (Fsp3) is 0.368. The Morgan fingerprint density at radius 3 is 1.24 bits per heavy atom. The third kappa shape index (κ3) is 12.5. The van der Waals surface area contributed by atoms with Crippen LogP contribution in [0.15, 0.2) is 36.4 Å². The van der Waals surface area contributed by atoms with E-state index < -0.39 is 19.8 Å². The van der Waals surface area contributed by atoms with Crippen molar-refractivity contribution in [3.63, 3.8) is 0 Å². The van der Waals surface area contributed by atoms with Gasteiger partial charge in [-0.05, 0) is 26.0 Å². The van der Waals surface area contributed by atoms with Gasteiger partial charge in [-0.3, -0.25) is 0 Å². The zero-order valence-electron chi connectivity index (χ0n) is 15.8. The number of nitrogens with two attached hydrogens (primary N) is 2. The molecule has 2 aromatic rings. The molecule has 142 valence electrons. The predicted molar refractivity (Wildman–Crippen MR) is 113 cm³/mol. The number of aryl methyl sites for hydroxylation is 2. The van der Waals surface area contributed by atoms with Gasteiger partial charge >= 0.3 is 34.6 Å². The van der Waals surface area contributed by atoms with E-state index in [-0.39, 0.29) is 41.7 Å². The molecule has 2 rings (SSSR count). The minimum absolute atomic E-state index is 0. The van der Waals surface area contributed by atoms with Crippen LogP contribution in [0.1, 0.15) is 22.3 Å². The summed E-state index contributed by atoms with van der Waals surface area (Å²) in [6.07, 6.45) is 0. The third-order valence-electron chi connectivity index (χ3n) is 2.84. The standard InChI is InChI=1S/2C8H10FN.3CH3.BrH.Sn.H/c2*1-6-2-3-8(9)7(4-6)5-10;;;;;;/h2*2-4H,5,10H2,1H3;3*1H3;1H;;. The van der Waals surface area contributed by atoms with Crippen LogP contribution >= 0.6 is 17.0 Å². The quantitative estimate of drug-likeness (QED) is 0.552. The predicted octanol–water partition coefficient (Wildman–Crippen LogP) is 4.87. The summed E-state index contributed by atoms with van der Waals surface area (Å²) in [5, 5.41) is 0. The zero-order valence-corrected chi connectivity index (χ0v) is 20.8. The molecule has 2 aromatic carbocycles. The molecule has 0 saturated heterocycles. The average Bonchev–Trinajstić information content (AvgIpc) is 2.52. The van der Waals surface area contributed by atoms with Gasteiger partial charge in [0.25, 0.3) is 0 Å². The summed E-state index contributed by atoms with van der Waals surface area (Å²) in [6.45, 7) is 4.37. The van der Waals surface area contributed by atoms with Gasteiger partial charge in [-0.25, -0.2) is 8.78 Å². The average molecular weight is 524 g/mol. The van der Waals surface area contributed by atoms with Crippen LogP contribution in [-0.2, 0) is 13.1 Å². The van der Waals surface area contributed by atoms with Crippen molar-refractivity contribution in [2.24, 2.45) is 11.5 Å². The van der Waals surface area contributed by atoms with Gasteiger partial charge < -0.3 is 11.5 Å². The minimum atomic E-state index is -0.637. The van der Waals surface area contributed by atoms with E-state index in [0.717, 1.165) is 11.1 Å². The van der Waals surface area contributed by atoms with Gasteiger partial charge in [-0.1, -0.05) is 35.4 Å². The van der Waals surface area contributed by atoms with E-state index >= 15 is 0 Å². The van der Waals surface area contributed by atoms with Crippen LogP contribution in [-0.4, -0.2) is 19.8 Å². The van der Waals surface area contributed by atoms with Crippen LogP contribution in [0.3, 0.4) is 0 Å². The van der Waals surface area contributed by atoms with Crippen molar-refractivity contribution in [2.75, 3.05) is 0 Å². The first-order valence-electron chi connectivity index (χ1n) is 8.11. The van der Waals surface area contributed by atoms with E-state index in [1.54, 1.807) is 24.3 Å². The summed E-state index contributed by atoms with van der Waals surface area (Å²) in [7, 11) is 0. The third-order valence-corrected chi connectivity index (χ3v) is 2.84. The molecular weight excluding hydrogens is 493 g/mol. The Hall–Kier alpha value is -0.501. The Balaban J connectivity index is 0. The van der Waals surface area contributed by atoms with E-state index in [2.05, 4.69) is 14.8 Å². The Morgan fingerprint density at radius 2 is 1.04 bits per heavy atom. The Kier molecular flexibility index (Phi) is 15.7. The van der Waals surface area contributed by atoms with Crippen molar-refractivity contribution in [2.45, 2.75) is 41.8 Å². The molecule has 0 aliphatic rings. The molecule has 0 aliphatic heterocycles. The summed E-state index contributed by atoms with van der Waals surface area (Å²) in [5.41, 5.74) is 13.8. The number of rotatable bonds is 2. The molecule has 0 bridgehead atoms. The van der Waals surface area contributed by atoms with Gasteiger partial charge in [0.15, 0.2) is 0 Å². The number of hydrogen-bond donors (Lipinski definition) is 2. The van der Waals surface area contributed by atoms with Crippen molar-refractivity contribution < 1.29 is 8.78 Å². The summed E-state index contributed by atoms with van der Waals surface area (Å²) in [5.74, 6) is -0.429. The SMILES string of the molecule is Br.Cc1ccc(F)c(CN)c1.Cc1ccc(F)c(CN)c1.[CH3][SnH]([CH3])[CH3]. The maximum absolute atomic E-state index is 12.7. The van der Waals surface area contributed by atoms with E-state index in [4.69, 9.17) is 11.5 Å². The first kappa shape index (κ1) is 26.7. The van der Waals surface area contributed by atoms with Crippen LogP contribution in [0.4, 0.5) is 8.78 Å². The van der Waals surface area contributed by atoms with E-state index in [0.29, 0.717) is 11.1 Å². The second-order valence-electron chi connectivity index (χ2n) is 6.33. The van der Waals surface area contributed by atoms with Crippen molar-refractivity contribution in [3.8, 4) is 0 Å². The Bertz CT molecular complexity index is 568. The molecule has 0 saturated carbocycles. The molecule has 0 amide bonds. The van der Waals surface area contributed by atoms with Crippen LogP contribution in [0.25, 0.3) is 0 Å². The van der Waals surface area contributed by atoms with Crippen LogP contribution in [0.5, 0.6) is 0 Å². The van der Waals surface area contributed by atoms with Crippen molar-refractivity contribution in [1.82, 2.24) is 0 Å².